The highest BCUT2D eigenvalue weighted by molar-refractivity contribution is 4.84. The van der Waals surface area contributed by atoms with E-state index in [9.17, 15) is 5.11 Å². The second kappa shape index (κ2) is 7.46. The molecular weight excluding hydrogens is 224 g/mol. The highest BCUT2D eigenvalue weighted by Crippen LogP contribution is 2.30. The molecule has 2 fully saturated rings. The van der Waals surface area contributed by atoms with E-state index in [0.717, 1.165) is 25.0 Å². The topological polar surface area (TPSA) is 35.5 Å². The van der Waals surface area contributed by atoms with Crippen molar-refractivity contribution >= 4 is 0 Å². The first kappa shape index (κ1) is 14.3. The lowest BCUT2D eigenvalue weighted by Gasteiger charge is -2.38. The monoisotopic (exact) mass is 254 g/mol. The standard InChI is InChI=1S/C15H30N2O/c1-2-13-5-3-7-15(11-13)17(9-10-18)12-14-6-4-8-16-14/h13-16,18H,2-12H2,1H3. The van der Waals surface area contributed by atoms with Crippen molar-refractivity contribution < 1.29 is 5.11 Å². The maximum atomic E-state index is 9.30. The Morgan fingerprint density at radius 1 is 1.22 bits per heavy atom. The van der Waals surface area contributed by atoms with Gasteiger partial charge < -0.3 is 10.4 Å². The van der Waals surface area contributed by atoms with Gasteiger partial charge in [-0.15, -0.1) is 0 Å². The summed E-state index contributed by atoms with van der Waals surface area (Å²) in [6.45, 7) is 5.81. The van der Waals surface area contributed by atoms with Crippen LogP contribution in [0.2, 0.25) is 0 Å². The Kier molecular flexibility index (Phi) is 5.93. The summed E-state index contributed by atoms with van der Waals surface area (Å²) >= 11 is 0. The van der Waals surface area contributed by atoms with E-state index in [1.54, 1.807) is 0 Å². The molecule has 0 aromatic carbocycles. The summed E-state index contributed by atoms with van der Waals surface area (Å²) in [5.74, 6) is 0.918. The van der Waals surface area contributed by atoms with E-state index in [2.05, 4.69) is 17.1 Å². The Hall–Kier alpha value is -0.120. The van der Waals surface area contributed by atoms with E-state index >= 15 is 0 Å². The predicted octanol–water partition coefficient (Wildman–Crippen LogP) is 2.00. The summed E-state index contributed by atoms with van der Waals surface area (Å²) in [4.78, 5) is 2.56. The zero-order valence-corrected chi connectivity index (χ0v) is 11.9. The van der Waals surface area contributed by atoms with Gasteiger partial charge in [-0.25, -0.2) is 0 Å². The molecule has 3 atom stereocenters. The minimum absolute atomic E-state index is 0.306. The van der Waals surface area contributed by atoms with Crippen molar-refractivity contribution in [2.75, 3.05) is 26.2 Å². The SMILES string of the molecule is CCC1CCCC(N(CCO)CC2CCCN2)C1. The van der Waals surface area contributed by atoms with Gasteiger partial charge in [-0.3, -0.25) is 4.90 Å². The molecule has 2 aliphatic rings. The van der Waals surface area contributed by atoms with Crippen molar-refractivity contribution in [2.24, 2.45) is 5.92 Å². The number of hydrogen-bond donors (Lipinski definition) is 2. The fourth-order valence-electron chi connectivity index (χ4n) is 3.71. The van der Waals surface area contributed by atoms with Gasteiger partial charge in [-0.1, -0.05) is 26.2 Å². The zero-order chi connectivity index (χ0) is 12.8. The molecule has 1 saturated carbocycles. The van der Waals surface area contributed by atoms with Crippen LogP contribution >= 0.6 is 0 Å². The van der Waals surface area contributed by atoms with Crippen molar-refractivity contribution in [3.05, 3.63) is 0 Å². The van der Waals surface area contributed by atoms with Gasteiger partial charge in [0.15, 0.2) is 0 Å². The molecule has 18 heavy (non-hydrogen) atoms. The van der Waals surface area contributed by atoms with Crippen molar-refractivity contribution in [3.63, 3.8) is 0 Å². The molecule has 0 bridgehead atoms. The molecule has 0 spiro atoms. The van der Waals surface area contributed by atoms with Crippen molar-refractivity contribution in [1.29, 1.82) is 0 Å². The molecule has 1 aliphatic heterocycles. The van der Waals surface area contributed by atoms with Crippen LogP contribution in [0.4, 0.5) is 0 Å². The Labute approximate surface area is 112 Å². The van der Waals surface area contributed by atoms with Gasteiger partial charge in [0, 0.05) is 25.2 Å². The normalized spacial score (nSPS) is 33.2. The molecule has 2 N–H and O–H groups in total. The fourth-order valence-corrected chi connectivity index (χ4v) is 3.71. The predicted molar refractivity (Wildman–Crippen MR) is 75.7 cm³/mol. The summed E-state index contributed by atoms with van der Waals surface area (Å²) in [5, 5.41) is 12.9. The second-order valence-electron chi connectivity index (χ2n) is 6.11. The highest BCUT2D eigenvalue weighted by atomic mass is 16.3. The van der Waals surface area contributed by atoms with Crippen molar-refractivity contribution in [1.82, 2.24) is 10.2 Å². The van der Waals surface area contributed by atoms with Crippen LogP contribution in [-0.4, -0.2) is 48.3 Å². The summed E-state index contributed by atoms with van der Waals surface area (Å²) in [5.41, 5.74) is 0. The Morgan fingerprint density at radius 3 is 2.78 bits per heavy atom. The van der Waals surface area contributed by atoms with Crippen molar-refractivity contribution in [2.45, 2.75) is 64.0 Å². The van der Waals surface area contributed by atoms with Gasteiger partial charge in [0.25, 0.3) is 0 Å². The zero-order valence-electron chi connectivity index (χ0n) is 11.9. The van der Waals surface area contributed by atoms with Gasteiger partial charge >= 0.3 is 0 Å². The molecule has 2 rings (SSSR count). The molecular formula is C15H30N2O. The number of rotatable bonds is 6. The van der Waals surface area contributed by atoms with E-state index in [1.165, 1.54) is 51.5 Å². The van der Waals surface area contributed by atoms with Gasteiger partial charge in [0.05, 0.1) is 6.61 Å². The fraction of sp³-hybridized carbons (Fsp3) is 1.00. The first-order valence-electron chi connectivity index (χ1n) is 7.91. The number of nitrogens with one attached hydrogen (secondary N) is 1. The number of nitrogens with zero attached hydrogens (tertiary/aromatic N) is 1. The molecule has 3 heteroatoms. The maximum Gasteiger partial charge on any atom is 0.0558 e. The molecule has 3 unspecified atom stereocenters. The quantitative estimate of drug-likeness (QED) is 0.761. The van der Waals surface area contributed by atoms with E-state index in [0.29, 0.717) is 12.6 Å². The van der Waals surface area contributed by atoms with Crippen LogP contribution in [-0.2, 0) is 0 Å². The minimum Gasteiger partial charge on any atom is -0.395 e. The minimum atomic E-state index is 0.306. The first-order chi connectivity index (χ1) is 8.83. The van der Waals surface area contributed by atoms with Crippen LogP contribution in [0.15, 0.2) is 0 Å². The third-order valence-corrected chi connectivity index (χ3v) is 4.85. The lowest BCUT2D eigenvalue weighted by Crippen LogP contribution is -2.46. The van der Waals surface area contributed by atoms with E-state index in [-0.39, 0.29) is 0 Å². The summed E-state index contributed by atoms with van der Waals surface area (Å²) in [7, 11) is 0. The molecule has 106 valence electrons. The van der Waals surface area contributed by atoms with E-state index in [1.807, 2.05) is 0 Å². The number of aliphatic hydroxyl groups excluding tert-OH is 1. The lowest BCUT2D eigenvalue weighted by molar-refractivity contribution is 0.0965. The highest BCUT2D eigenvalue weighted by Gasteiger charge is 2.27. The number of hydrogen-bond acceptors (Lipinski definition) is 3. The van der Waals surface area contributed by atoms with Crippen LogP contribution in [0.25, 0.3) is 0 Å². The van der Waals surface area contributed by atoms with Crippen molar-refractivity contribution in [3.8, 4) is 0 Å². The van der Waals surface area contributed by atoms with Gasteiger partial charge in [0.1, 0.15) is 0 Å². The first-order valence-corrected chi connectivity index (χ1v) is 7.91. The Balaban J connectivity index is 1.86. The molecule has 0 aromatic rings. The Bertz CT molecular complexity index is 229. The molecule has 0 amide bonds. The third-order valence-electron chi connectivity index (χ3n) is 4.85. The molecule has 1 aliphatic carbocycles. The van der Waals surface area contributed by atoms with Crippen LogP contribution in [0.3, 0.4) is 0 Å². The summed E-state index contributed by atoms with van der Waals surface area (Å²) in [6.07, 6.45) is 9.44. The summed E-state index contributed by atoms with van der Waals surface area (Å²) in [6, 6.07) is 1.39. The van der Waals surface area contributed by atoms with Gasteiger partial charge in [-0.2, -0.15) is 0 Å². The summed E-state index contributed by atoms with van der Waals surface area (Å²) < 4.78 is 0. The average Bonchev–Trinajstić information content (AvgIpc) is 2.91. The lowest BCUT2D eigenvalue weighted by atomic mass is 9.83. The van der Waals surface area contributed by atoms with Gasteiger partial charge in [0.2, 0.25) is 0 Å². The molecule has 1 heterocycles. The van der Waals surface area contributed by atoms with Crippen LogP contribution in [0.1, 0.15) is 51.9 Å². The molecule has 3 nitrogen and oxygen atoms in total. The van der Waals surface area contributed by atoms with Gasteiger partial charge in [-0.05, 0) is 38.1 Å². The molecule has 0 radical (unpaired) electrons. The van der Waals surface area contributed by atoms with Crippen LogP contribution in [0, 0.1) is 5.92 Å². The average molecular weight is 254 g/mol. The van der Waals surface area contributed by atoms with E-state index < -0.39 is 0 Å². The van der Waals surface area contributed by atoms with Crippen LogP contribution in [0.5, 0.6) is 0 Å². The second-order valence-corrected chi connectivity index (χ2v) is 6.11. The maximum absolute atomic E-state index is 9.30. The Morgan fingerprint density at radius 2 is 2.11 bits per heavy atom. The largest absolute Gasteiger partial charge is 0.395 e. The third kappa shape index (κ3) is 3.94. The molecule has 0 aromatic heterocycles. The molecule has 1 saturated heterocycles. The van der Waals surface area contributed by atoms with E-state index in [4.69, 9.17) is 0 Å². The van der Waals surface area contributed by atoms with Crippen LogP contribution < -0.4 is 5.32 Å². The number of aliphatic hydroxyl groups is 1. The smallest absolute Gasteiger partial charge is 0.0558 e.